The van der Waals surface area contributed by atoms with Crippen molar-refractivity contribution < 1.29 is 4.79 Å². The third-order valence-corrected chi connectivity index (χ3v) is 3.33. The van der Waals surface area contributed by atoms with Crippen LogP contribution in [0.4, 0.5) is 0 Å². The van der Waals surface area contributed by atoms with Crippen molar-refractivity contribution in [1.29, 1.82) is 0 Å². The van der Waals surface area contributed by atoms with E-state index in [4.69, 9.17) is 0 Å². The molecule has 0 atom stereocenters. The normalized spacial score (nSPS) is 10.8. The number of amides is 1. The molecule has 0 fully saturated rings. The molecule has 106 valence electrons. The Labute approximate surface area is 122 Å². The maximum Gasteiger partial charge on any atom is 0.256 e. The summed E-state index contributed by atoms with van der Waals surface area (Å²) in [6.45, 7) is 4.51. The summed E-state index contributed by atoms with van der Waals surface area (Å²) >= 11 is 0. The van der Waals surface area contributed by atoms with Crippen LogP contribution < -0.4 is 5.32 Å². The molecule has 5 nitrogen and oxygen atoms in total. The minimum absolute atomic E-state index is 0.152. The molecule has 1 amide bonds. The van der Waals surface area contributed by atoms with Crippen LogP contribution in [0.3, 0.4) is 0 Å². The molecule has 21 heavy (non-hydrogen) atoms. The first-order chi connectivity index (χ1) is 10.2. The van der Waals surface area contributed by atoms with Gasteiger partial charge < -0.3 is 5.32 Å². The molecule has 0 unspecified atom stereocenters. The molecule has 0 aliphatic carbocycles. The van der Waals surface area contributed by atoms with Crippen molar-refractivity contribution in [2.75, 3.05) is 6.54 Å². The standard InChI is InChI=1S/C16H16N4O/c1-3-17-16(21)13-10-19-20-14(8-9-18-15(13)20)12-6-4-11(2)5-7-12/h4-10H,3H2,1-2H3,(H,17,21). The van der Waals surface area contributed by atoms with Gasteiger partial charge in [-0.3, -0.25) is 4.79 Å². The minimum atomic E-state index is -0.152. The summed E-state index contributed by atoms with van der Waals surface area (Å²) in [5.74, 6) is -0.152. The van der Waals surface area contributed by atoms with E-state index in [1.807, 2.05) is 32.0 Å². The summed E-state index contributed by atoms with van der Waals surface area (Å²) in [5, 5.41) is 7.09. The Kier molecular flexibility index (Phi) is 3.39. The van der Waals surface area contributed by atoms with Gasteiger partial charge in [0.1, 0.15) is 5.56 Å². The van der Waals surface area contributed by atoms with Crippen LogP contribution >= 0.6 is 0 Å². The van der Waals surface area contributed by atoms with Crippen LogP contribution in [0.5, 0.6) is 0 Å². The molecule has 2 aromatic heterocycles. The largest absolute Gasteiger partial charge is 0.352 e. The zero-order valence-corrected chi connectivity index (χ0v) is 12.0. The van der Waals surface area contributed by atoms with Crippen molar-refractivity contribution in [1.82, 2.24) is 19.9 Å². The summed E-state index contributed by atoms with van der Waals surface area (Å²) in [4.78, 5) is 16.3. The van der Waals surface area contributed by atoms with E-state index < -0.39 is 0 Å². The Morgan fingerprint density at radius 1 is 1.24 bits per heavy atom. The molecule has 0 saturated heterocycles. The molecule has 0 saturated carbocycles. The topological polar surface area (TPSA) is 59.3 Å². The molecule has 2 heterocycles. The lowest BCUT2D eigenvalue weighted by molar-refractivity contribution is 0.0957. The zero-order valence-electron chi connectivity index (χ0n) is 12.0. The van der Waals surface area contributed by atoms with Gasteiger partial charge >= 0.3 is 0 Å². The molecule has 1 aromatic carbocycles. The highest BCUT2D eigenvalue weighted by Crippen LogP contribution is 2.21. The van der Waals surface area contributed by atoms with Crippen molar-refractivity contribution in [2.45, 2.75) is 13.8 Å². The van der Waals surface area contributed by atoms with Gasteiger partial charge in [-0.1, -0.05) is 29.8 Å². The van der Waals surface area contributed by atoms with Gasteiger partial charge in [0.25, 0.3) is 5.91 Å². The van der Waals surface area contributed by atoms with Gasteiger partial charge in [0, 0.05) is 18.3 Å². The lowest BCUT2D eigenvalue weighted by Gasteiger charge is -2.05. The van der Waals surface area contributed by atoms with E-state index in [1.165, 1.54) is 5.56 Å². The maximum atomic E-state index is 12.0. The van der Waals surface area contributed by atoms with Crippen molar-refractivity contribution in [3.8, 4) is 11.3 Å². The molecule has 0 spiro atoms. The lowest BCUT2D eigenvalue weighted by atomic mass is 10.1. The molecule has 0 aliphatic rings. The fraction of sp³-hybridized carbons (Fsp3) is 0.188. The second-order valence-electron chi connectivity index (χ2n) is 4.85. The van der Waals surface area contributed by atoms with E-state index in [2.05, 4.69) is 27.5 Å². The first-order valence-electron chi connectivity index (χ1n) is 6.88. The number of rotatable bonds is 3. The van der Waals surface area contributed by atoms with Gasteiger partial charge in [0.2, 0.25) is 0 Å². The van der Waals surface area contributed by atoms with Crippen LogP contribution in [0.25, 0.3) is 16.9 Å². The second kappa shape index (κ2) is 5.36. The fourth-order valence-corrected chi connectivity index (χ4v) is 2.25. The summed E-state index contributed by atoms with van der Waals surface area (Å²) in [5.41, 5.74) is 4.21. The van der Waals surface area contributed by atoms with E-state index in [1.54, 1.807) is 16.9 Å². The van der Waals surface area contributed by atoms with Gasteiger partial charge in [-0.25, -0.2) is 9.50 Å². The van der Waals surface area contributed by atoms with E-state index in [0.29, 0.717) is 17.8 Å². The van der Waals surface area contributed by atoms with Gasteiger partial charge in [0.05, 0.1) is 11.9 Å². The Hall–Kier alpha value is -2.69. The van der Waals surface area contributed by atoms with Crippen LogP contribution in [-0.4, -0.2) is 27.0 Å². The van der Waals surface area contributed by atoms with E-state index in [-0.39, 0.29) is 5.91 Å². The molecule has 0 radical (unpaired) electrons. The number of benzene rings is 1. The van der Waals surface area contributed by atoms with E-state index >= 15 is 0 Å². The first kappa shape index (κ1) is 13.3. The third-order valence-electron chi connectivity index (χ3n) is 3.33. The van der Waals surface area contributed by atoms with Crippen LogP contribution in [0.15, 0.2) is 42.7 Å². The maximum absolute atomic E-state index is 12.0. The Morgan fingerprint density at radius 3 is 2.71 bits per heavy atom. The predicted molar refractivity (Wildman–Crippen MR) is 81.2 cm³/mol. The molecule has 0 aliphatic heterocycles. The number of nitrogens with one attached hydrogen (secondary N) is 1. The lowest BCUT2D eigenvalue weighted by Crippen LogP contribution is -2.22. The van der Waals surface area contributed by atoms with Gasteiger partial charge in [0.15, 0.2) is 5.65 Å². The molecule has 5 heteroatoms. The molecule has 3 rings (SSSR count). The number of hydrogen-bond acceptors (Lipinski definition) is 3. The summed E-state index contributed by atoms with van der Waals surface area (Å²) in [6.07, 6.45) is 3.26. The minimum Gasteiger partial charge on any atom is -0.352 e. The number of fused-ring (bicyclic) bond motifs is 1. The van der Waals surface area contributed by atoms with Crippen molar-refractivity contribution >= 4 is 11.6 Å². The predicted octanol–water partition coefficient (Wildman–Crippen LogP) is 2.45. The second-order valence-corrected chi connectivity index (χ2v) is 4.85. The number of aromatic nitrogens is 3. The van der Waals surface area contributed by atoms with Crippen molar-refractivity contribution in [2.24, 2.45) is 0 Å². The number of nitrogens with zero attached hydrogens (tertiary/aromatic N) is 3. The smallest absolute Gasteiger partial charge is 0.256 e. The highest BCUT2D eigenvalue weighted by molar-refractivity contribution is 5.99. The Balaban J connectivity index is 2.13. The SMILES string of the molecule is CCNC(=O)c1cnn2c(-c3ccc(C)cc3)ccnc12. The van der Waals surface area contributed by atoms with Crippen LogP contribution in [0.1, 0.15) is 22.8 Å². The monoisotopic (exact) mass is 280 g/mol. The van der Waals surface area contributed by atoms with Crippen molar-refractivity contribution in [3.63, 3.8) is 0 Å². The number of carbonyl (C=O) groups is 1. The average Bonchev–Trinajstić information content (AvgIpc) is 2.92. The fourth-order valence-electron chi connectivity index (χ4n) is 2.25. The molecule has 3 aromatic rings. The van der Waals surface area contributed by atoms with Crippen LogP contribution in [0.2, 0.25) is 0 Å². The summed E-state index contributed by atoms with van der Waals surface area (Å²) < 4.78 is 1.70. The highest BCUT2D eigenvalue weighted by Gasteiger charge is 2.15. The molecular weight excluding hydrogens is 264 g/mol. The number of hydrogen-bond donors (Lipinski definition) is 1. The number of carbonyl (C=O) groups excluding carboxylic acids is 1. The zero-order chi connectivity index (χ0) is 14.8. The molecule has 1 N–H and O–H groups in total. The van der Waals surface area contributed by atoms with Gasteiger partial charge in [-0.15, -0.1) is 0 Å². The van der Waals surface area contributed by atoms with Gasteiger partial charge in [-0.2, -0.15) is 5.10 Å². The Bertz CT molecular complexity index is 790. The third kappa shape index (κ3) is 2.38. The summed E-state index contributed by atoms with van der Waals surface area (Å²) in [6, 6.07) is 10.1. The number of aryl methyl sites for hydroxylation is 1. The Morgan fingerprint density at radius 2 is 2.00 bits per heavy atom. The van der Waals surface area contributed by atoms with Crippen LogP contribution in [-0.2, 0) is 0 Å². The highest BCUT2D eigenvalue weighted by atomic mass is 16.1. The first-order valence-corrected chi connectivity index (χ1v) is 6.88. The van der Waals surface area contributed by atoms with E-state index in [0.717, 1.165) is 11.3 Å². The van der Waals surface area contributed by atoms with Gasteiger partial charge in [-0.05, 0) is 19.9 Å². The quantitative estimate of drug-likeness (QED) is 0.801. The summed E-state index contributed by atoms with van der Waals surface area (Å²) in [7, 11) is 0. The van der Waals surface area contributed by atoms with E-state index in [9.17, 15) is 4.79 Å². The van der Waals surface area contributed by atoms with Crippen LogP contribution in [0, 0.1) is 6.92 Å². The molecular formula is C16H16N4O. The van der Waals surface area contributed by atoms with Crippen molar-refractivity contribution in [3.05, 3.63) is 53.9 Å². The molecule has 0 bridgehead atoms. The average molecular weight is 280 g/mol.